The molecule has 0 saturated heterocycles. The summed E-state index contributed by atoms with van der Waals surface area (Å²) in [4.78, 5) is 0. The normalized spacial score (nSPS) is 13.8. The van der Waals surface area contributed by atoms with E-state index in [4.69, 9.17) is 9.05 Å². The summed E-state index contributed by atoms with van der Waals surface area (Å²) in [6, 6.07) is 18.3. The molecule has 25 heavy (non-hydrogen) atoms. The Labute approximate surface area is 146 Å². The van der Waals surface area contributed by atoms with Gasteiger partial charge in [-0.15, -0.1) is 6.58 Å². The fourth-order valence-corrected chi connectivity index (χ4v) is 4.52. The molecular weight excluding hydrogens is 331 g/mol. The minimum atomic E-state index is -3.37. The van der Waals surface area contributed by atoms with Crippen molar-refractivity contribution in [1.82, 2.24) is 0 Å². The number of rotatable bonds is 6. The fourth-order valence-electron chi connectivity index (χ4n) is 3.31. The first-order chi connectivity index (χ1) is 12.1. The third-order valence-electron chi connectivity index (χ3n) is 4.31. The van der Waals surface area contributed by atoms with E-state index in [9.17, 15) is 4.57 Å². The van der Waals surface area contributed by atoms with Gasteiger partial charge in [-0.25, -0.2) is 4.57 Å². The molecule has 0 aliphatic rings. The van der Waals surface area contributed by atoms with Gasteiger partial charge < -0.3 is 9.05 Å². The predicted octanol–water partition coefficient (Wildman–Crippen LogP) is 6.50. The second kappa shape index (κ2) is 5.94. The lowest BCUT2D eigenvalue weighted by Crippen LogP contribution is -1.98. The largest absolute Gasteiger partial charge is 0.433 e. The molecule has 0 fully saturated rings. The summed E-state index contributed by atoms with van der Waals surface area (Å²) in [5.74, 6) is 0.540. The summed E-state index contributed by atoms with van der Waals surface area (Å²) >= 11 is 0. The van der Waals surface area contributed by atoms with E-state index in [1.54, 1.807) is 0 Å². The molecule has 3 nitrogen and oxygen atoms in total. The molecule has 1 unspecified atom stereocenters. The third-order valence-corrected chi connectivity index (χ3v) is 5.96. The van der Waals surface area contributed by atoms with Crippen LogP contribution in [0.1, 0.15) is 0 Å². The zero-order chi connectivity index (χ0) is 17.4. The van der Waals surface area contributed by atoms with Gasteiger partial charge in [0.25, 0.3) is 0 Å². The van der Waals surface area contributed by atoms with Crippen molar-refractivity contribution in [3.63, 3.8) is 0 Å². The molecule has 0 bridgehead atoms. The Balaban J connectivity index is 1.97. The van der Waals surface area contributed by atoms with E-state index in [1.165, 1.54) is 22.2 Å². The lowest BCUT2D eigenvalue weighted by molar-refractivity contribution is 0.360. The average Bonchev–Trinajstić information content (AvgIpc) is 2.61. The number of allylic oxidation sites excluding steroid dienone is 1. The quantitative estimate of drug-likeness (QED) is 0.173. The van der Waals surface area contributed by atoms with Gasteiger partial charge in [0.2, 0.25) is 0 Å². The molecule has 0 radical (unpaired) electrons. The van der Waals surface area contributed by atoms with Crippen LogP contribution in [0.3, 0.4) is 0 Å². The van der Waals surface area contributed by atoms with E-state index in [0.29, 0.717) is 5.75 Å². The van der Waals surface area contributed by atoms with Gasteiger partial charge in [0, 0.05) is 10.8 Å². The van der Waals surface area contributed by atoms with Crippen molar-refractivity contribution in [3.8, 4) is 5.75 Å². The molecule has 0 aromatic heterocycles. The first-order valence-electron chi connectivity index (χ1n) is 8.00. The van der Waals surface area contributed by atoms with Gasteiger partial charge in [0.05, 0.1) is 12.4 Å². The molecule has 0 heterocycles. The monoisotopic (exact) mass is 348 g/mol. The van der Waals surface area contributed by atoms with E-state index in [1.807, 2.05) is 18.2 Å². The molecule has 0 spiro atoms. The van der Waals surface area contributed by atoms with Crippen molar-refractivity contribution in [1.29, 1.82) is 0 Å². The smallest absolute Gasteiger partial charge is 0.424 e. The zero-order valence-corrected chi connectivity index (χ0v) is 14.5. The van der Waals surface area contributed by atoms with Crippen LogP contribution in [0.25, 0.3) is 32.3 Å². The van der Waals surface area contributed by atoms with Gasteiger partial charge in [-0.2, -0.15) is 0 Å². The molecule has 124 valence electrons. The summed E-state index contributed by atoms with van der Waals surface area (Å²) in [6.45, 7) is 7.12. The lowest BCUT2D eigenvalue weighted by atomic mass is 9.94. The standard InChI is InChI=1S/C21H17O3P/c1-3-14-25(22,23-4-2)24-19-13-11-17-9-8-15-6-5-7-16-10-12-18(19)21(17)20(15)16/h3-13H,1-2,14H2. The van der Waals surface area contributed by atoms with Crippen molar-refractivity contribution >= 4 is 39.9 Å². The third kappa shape index (κ3) is 2.57. The van der Waals surface area contributed by atoms with Crippen LogP contribution in [0.15, 0.2) is 80.1 Å². The van der Waals surface area contributed by atoms with Gasteiger partial charge in [-0.05, 0) is 33.7 Å². The molecular formula is C21H17O3P. The molecule has 4 aromatic rings. The van der Waals surface area contributed by atoms with Crippen molar-refractivity contribution in [2.24, 2.45) is 0 Å². The summed E-state index contributed by atoms with van der Waals surface area (Å²) < 4.78 is 23.9. The second-order valence-corrected chi connectivity index (χ2v) is 7.85. The Hall–Kier alpha value is -2.77. The Morgan fingerprint density at radius 2 is 1.52 bits per heavy atom. The van der Waals surface area contributed by atoms with Crippen LogP contribution in [0.5, 0.6) is 5.75 Å². The molecule has 0 amide bonds. The molecule has 0 N–H and O–H groups in total. The van der Waals surface area contributed by atoms with E-state index >= 15 is 0 Å². The Kier molecular flexibility index (Phi) is 3.74. The van der Waals surface area contributed by atoms with Crippen LogP contribution in [0, 0.1) is 0 Å². The Morgan fingerprint density at radius 1 is 0.880 bits per heavy atom. The SMILES string of the molecule is C=CCP(=O)(OC=C)Oc1ccc2ccc3cccc4ccc1c2c34. The fraction of sp³-hybridized carbons (Fsp3) is 0.0476. The van der Waals surface area contributed by atoms with Crippen molar-refractivity contribution in [3.05, 3.63) is 80.1 Å². The molecule has 1 atom stereocenters. The second-order valence-electron chi connectivity index (χ2n) is 5.87. The topological polar surface area (TPSA) is 35.5 Å². The molecule has 4 rings (SSSR count). The maximum Gasteiger partial charge on any atom is 0.433 e. The average molecular weight is 348 g/mol. The highest BCUT2D eigenvalue weighted by molar-refractivity contribution is 7.54. The maximum absolute atomic E-state index is 12.9. The van der Waals surface area contributed by atoms with E-state index < -0.39 is 7.60 Å². The number of hydrogen-bond donors (Lipinski definition) is 0. The predicted molar refractivity (Wildman–Crippen MR) is 105 cm³/mol. The Morgan fingerprint density at radius 3 is 2.20 bits per heavy atom. The maximum atomic E-state index is 12.9. The van der Waals surface area contributed by atoms with Crippen molar-refractivity contribution in [2.75, 3.05) is 6.16 Å². The minimum Gasteiger partial charge on any atom is -0.424 e. The van der Waals surface area contributed by atoms with Crippen LogP contribution < -0.4 is 4.52 Å². The van der Waals surface area contributed by atoms with Gasteiger partial charge >= 0.3 is 7.60 Å². The molecule has 4 heteroatoms. The van der Waals surface area contributed by atoms with Crippen LogP contribution in [0.2, 0.25) is 0 Å². The molecule has 4 aromatic carbocycles. The van der Waals surface area contributed by atoms with Crippen molar-refractivity contribution in [2.45, 2.75) is 0 Å². The van der Waals surface area contributed by atoms with E-state index in [2.05, 4.69) is 49.6 Å². The van der Waals surface area contributed by atoms with Gasteiger partial charge in [0.1, 0.15) is 5.75 Å². The first-order valence-corrected chi connectivity index (χ1v) is 9.73. The number of benzene rings is 4. The van der Waals surface area contributed by atoms with Crippen LogP contribution >= 0.6 is 7.60 Å². The minimum absolute atomic E-state index is 0.112. The first kappa shape index (κ1) is 15.7. The van der Waals surface area contributed by atoms with Crippen LogP contribution in [-0.2, 0) is 9.09 Å². The van der Waals surface area contributed by atoms with Gasteiger partial charge in [-0.3, -0.25) is 0 Å². The molecule has 0 saturated carbocycles. The molecule has 0 aliphatic heterocycles. The van der Waals surface area contributed by atoms with Gasteiger partial charge in [-0.1, -0.05) is 55.1 Å². The van der Waals surface area contributed by atoms with Crippen LogP contribution in [0.4, 0.5) is 0 Å². The highest BCUT2D eigenvalue weighted by Crippen LogP contribution is 2.51. The lowest BCUT2D eigenvalue weighted by Gasteiger charge is -2.19. The number of hydrogen-bond acceptors (Lipinski definition) is 3. The summed E-state index contributed by atoms with van der Waals surface area (Å²) in [5.41, 5.74) is 0. The van der Waals surface area contributed by atoms with Crippen molar-refractivity contribution < 1.29 is 13.6 Å². The molecule has 0 aliphatic carbocycles. The van der Waals surface area contributed by atoms with Gasteiger partial charge in [0.15, 0.2) is 0 Å². The van der Waals surface area contributed by atoms with E-state index in [-0.39, 0.29) is 6.16 Å². The zero-order valence-electron chi connectivity index (χ0n) is 13.6. The van der Waals surface area contributed by atoms with E-state index in [0.717, 1.165) is 22.4 Å². The summed E-state index contributed by atoms with van der Waals surface area (Å²) in [7, 11) is -3.37. The summed E-state index contributed by atoms with van der Waals surface area (Å²) in [6.07, 6.45) is 2.79. The highest BCUT2D eigenvalue weighted by atomic mass is 31.2. The highest BCUT2D eigenvalue weighted by Gasteiger charge is 2.25. The summed E-state index contributed by atoms with van der Waals surface area (Å²) in [5, 5.41) is 6.67. The Bertz CT molecular complexity index is 1120. The van der Waals surface area contributed by atoms with Crippen LogP contribution in [-0.4, -0.2) is 6.16 Å².